The van der Waals surface area contributed by atoms with Crippen molar-refractivity contribution in [3.63, 3.8) is 0 Å². The molecular weight excluding hydrogens is 420 g/mol. The van der Waals surface area contributed by atoms with Gasteiger partial charge in [-0.05, 0) is 43.2 Å². The zero-order valence-corrected chi connectivity index (χ0v) is 18.6. The van der Waals surface area contributed by atoms with Crippen molar-refractivity contribution < 1.29 is 17.9 Å². The predicted octanol–water partition coefficient (Wildman–Crippen LogP) is 4.46. The SMILES string of the molecule is COc1ccc(-c2nc(NC(=O)CCCS(=O)(=O)Cc3ccccc3)sc2C)cc1. The topological polar surface area (TPSA) is 85.4 Å². The Morgan fingerprint density at radius 1 is 1.10 bits per heavy atom. The Balaban J connectivity index is 1.52. The first-order valence-electron chi connectivity index (χ1n) is 9.52. The molecule has 0 bridgehead atoms. The van der Waals surface area contributed by atoms with Gasteiger partial charge in [0.1, 0.15) is 5.75 Å². The molecule has 0 aliphatic heterocycles. The molecule has 0 fully saturated rings. The lowest BCUT2D eigenvalue weighted by Gasteiger charge is -2.05. The number of hydrogen-bond acceptors (Lipinski definition) is 6. The highest BCUT2D eigenvalue weighted by molar-refractivity contribution is 7.90. The van der Waals surface area contributed by atoms with E-state index in [-0.39, 0.29) is 30.3 Å². The van der Waals surface area contributed by atoms with Crippen LogP contribution in [0.15, 0.2) is 54.6 Å². The molecule has 8 heteroatoms. The number of anilines is 1. The van der Waals surface area contributed by atoms with Crippen molar-refractivity contribution in [2.45, 2.75) is 25.5 Å². The van der Waals surface area contributed by atoms with E-state index in [9.17, 15) is 13.2 Å². The van der Waals surface area contributed by atoms with Crippen LogP contribution in [0.1, 0.15) is 23.3 Å². The van der Waals surface area contributed by atoms with Crippen molar-refractivity contribution in [1.29, 1.82) is 0 Å². The summed E-state index contributed by atoms with van der Waals surface area (Å²) < 4.78 is 29.6. The van der Waals surface area contributed by atoms with Gasteiger partial charge in [0.05, 0.1) is 24.3 Å². The Bertz CT molecular complexity index is 1090. The van der Waals surface area contributed by atoms with Gasteiger partial charge >= 0.3 is 0 Å². The molecule has 0 atom stereocenters. The van der Waals surface area contributed by atoms with Gasteiger partial charge in [0.25, 0.3) is 0 Å². The second kappa shape index (κ2) is 9.86. The highest BCUT2D eigenvalue weighted by atomic mass is 32.2. The van der Waals surface area contributed by atoms with Gasteiger partial charge in [-0.2, -0.15) is 0 Å². The Hall–Kier alpha value is -2.71. The van der Waals surface area contributed by atoms with Crippen LogP contribution in [-0.2, 0) is 20.4 Å². The number of benzene rings is 2. The summed E-state index contributed by atoms with van der Waals surface area (Å²) in [6, 6.07) is 16.6. The minimum absolute atomic E-state index is 0.00758. The normalized spacial score (nSPS) is 11.3. The fraction of sp³-hybridized carbons (Fsp3) is 0.273. The number of aryl methyl sites for hydroxylation is 1. The number of rotatable bonds is 9. The summed E-state index contributed by atoms with van der Waals surface area (Å²) in [5.74, 6) is 0.498. The third kappa shape index (κ3) is 6.14. The van der Waals surface area contributed by atoms with E-state index in [1.54, 1.807) is 19.2 Å². The number of carbonyl (C=O) groups is 1. The summed E-state index contributed by atoms with van der Waals surface area (Å²) in [4.78, 5) is 17.7. The summed E-state index contributed by atoms with van der Waals surface area (Å²) in [5, 5.41) is 3.29. The Kier molecular flexibility index (Phi) is 7.23. The van der Waals surface area contributed by atoms with E-state index in [0.717, 1.165) is 27.4 Å². The molecule has 1 N–H and O–H groups in total. The minimum Gasteiger partial charge on any atom is -0.497 e. The van der Waals surface area contributed by atoms with Crippen molar-refractivity contribution in [3.8, 4) is 17.0 Å². The summed E-state index contributed by atoms with van der Waals surface area (Å²) in [6.45, 7) is 1.95. The van der Waals surface area contributed by atoms with Crippen LogP contribution in [0.3, 0.4) is 0 Å². The summed E-state index contributed by atoms with van der Waals surface area (Å²) >= 11 is 1.40. The van der Waals surface area contributed by atoms with Crippen molar-refractivity contribution in [2.75, 3.05) is 18.2 Å². The van der Waals surface area contributed by atoms with E-state index >= 15 is 0 Å². The molecule has 3 aromatic rings. The standard InChI is InChI=1S/C22H24N2O4S2/c1-16-21(18-10-12-19(28-2)13-11-18)24-22(29-16)23-20(25)9-6-14-30(26,27)15-17-7-4-3-5-8-17/h3-5,7-8,10-13H,6,9,14-15H2,1-2H3,(H,23,24,25). The van der Waals surface area contributed by atoms with Crippen molar-refractivity contribution in [2.24, 2.45) is 0 Å². The molecule has 0 radical (unpaired) electrons. The molecule has 0 saturated heterocycles. The van der Waals surface area contributed by atoms with Gasteiger partial charge in [-0.25, -0.2) is 13.4 Å². The fourth-order valence-corrected chi connectivity index (χ4v) is 5.28. The van der Waals surface area contributed by atoms with Gasteiger partial charge in [0.15, 0.2) is 15.0 Å². The highest BCUT2D eigenvalue weighted by Crippen LogP contribution is 2.31. The molecule has 0 unspecified atom stereocenters. The molecule has 0 saturated carbocycles. The molecule has 0 aliphatic carbocycles. The molecule has 30 heavy (non-hydrogen) atoms. The van der Waals surface area contributed by atoms with E-state index in [1.807, 2.05) is 49.4 Å². The second-order valence-corrected chi connectivity index (χ2v) is 10.3. The van der Waals surface area contributed by atoms with E-state index in [0.29, 0.717) is 5.13 Å². The van der Waals surface area contributed by atoms with E-state index in [4.69, 9.17) is 4.74 Å². The molecule has 1 amide bonds. The zero-order valence-electron chi connectivity index (χ0n) is 16.9. The fourth-order valence-electron chi connectivity index (χ4n) is 3.00. The Morgan fingerprint density at radius 2 is 1.80 bits per heavy atom. The molecular formula is C22H24N2O4S2. The number of aromatic nitrogens is 1. The maximum atomic E-state index is 12.2. The molecule has 0 aliphatic rings. The number of ether oxygens (including phenoxy) is 1. The maximum absolute atomic E-state index is 12.2. The monoisotopic (exact) mass is 444 g/mol. The third-order valence-electron chi connectivity index (χ3n) is 4.49. The molecule has 2 aromatic carbocycles. The summed E-state index contributed by atoms with van der Waals surface area (Å²) in [7, 11) is -1.64. The molecule has 1 aromatic heterocycles. The highest BCUT2D eigenvalue weighted by Gasteiger charge is 2.15. The molecule has 0 spiro atoms. The first-order chi connectivity index (χ1) is 14.4. The van der Waals surface area contributed by atoms with Crippen LogP contribution in [0.2, 0.25) is 0 Å². The zero-order chi connectivity index (χ0) is 21.6. The largest absolute Gasteiger partial charge is 0.497 e. The van der Waals surface area contributed by atoms with Crippen LogP contribution in [-0.4, -0.2) is 32.2 Å². The lowest BCUT2D eigenvalue weighted by atomic mass is 10.1. The van der Waals surface area contributed by atoms with E-state index in [1.165, 1.54) is 11.3 Å². The molecule has 1 heterocycles. The smallest absolute Gasteiger partial charge is 0.226 e. The van der Waals surface area contributed by atoms with Crippen LogP contribution in [0, 0.1) is 6.92 Å². The van der Waals surface area contributed by atoms with Crippen molar-refractivity contribution in [1.82, 2.24) is 4.98 Å². The van der Waals surface area contributed by atoms with Gasteiger partial charge in [0.2, 0.25) is 5.91 Å². The Labute approximate surface area is 180 Å². The number of hydrogen-bond donors (Lipinski definition) is 1. The number of carbonyl (C=O) groups excluding carboxylic acids is 1. The number of amides is 1. The number of methoxy groups -OCH3 is 1. The average molecular weight is 445 g/mol. The molecule has 6 nitrogen and oxygen atoms in total. The molecule has 158 valence electrons. The number of nitrogens with one attached hydrogen (secondary N) is 1. The number of thiazole rings is 1. The predicted molar refractivity (Wildman–Crippen MR) is 121 cm³/mol. The van der Waals surface area contributed by atoms with Crippen LogP contribution in [0.4, 0.5) is 5.13 Å². The van der Waals surface area contributed by atoms with Crippen molar-refractivity contribution in [3.05, 3.63) is 65.0 Å². The van der Waals surface area contributed by atoms with E-state index in [2.05, 4.69) is 10.3 Å². The Morgan fingerprint density at radius 3 is 2.47 bits per heavy atom. The molecule has 3 rings (SSSR count). The average Bonchev–Trinajstić information content (AvgIpc) is 3.08. The van der Waals surface area contributed by atoms with Gasteiger partial charge in [0, 0.05) is 16.9 Å². The first kappa shape index (κ1) is 22.0. The van der Waals surface area contributed by atoms with Crippen molar-refractivity contribution >= 4 is 32.2 Å². The number of nitrogens with zero attached hydrogens (tertiary/aromatic N) is 1. The second-order valence-electron chi connectivity index (χ2n) is 6.88. The van der Waals surface area contributed by atoms with Crippen LogP contribution in [0.5, 0.6) is 5.75 Å². The maximum Gasteiger partial charge on any atom is 0.226 e. The van der Waals surface area contributed by atoms with Gasteiger partial charge in [-0.3, -0.25) is 4.79 Å². The van der Waals surface area contributed by atoms with Crippen LogP contribution >= 0.6 is 11.3 Å². The van der Waals surface area contributed by atoms with Gasteiger partial charge in [-0.15, -0.1) is 11.3 Å². The van der Waals surface area contributed by atoms with Gasteiger partial charge < -0.3 is 10.1 Å². The lowest BCUT2D eigenvalue weighted by Crippen LogP contribution is -2.15. The van der Waals surface area contributed by atoms with E-state index < -0.39 is 9.84 Å². The van der Waals surface area contributed by atoms with Gasteiger partial charge in [-0.1, -0.05) is 30.3 Å². The number of sulfone groups is 1. The summed E-state index contributed by atoms with van der Waals surface area (Å²) in [6.07, 6.45) is 0.404. The van der Waals surface area contributed by atoms with Crippen LogP contribution < -0.4 is 10.1 Å². The summed E-state index contributed by atoms with van der Waals surface area (Å²) in [5.41, 5.74) is 2.51. The quantitative estimate of drug-likeness (QED) is 0.527. The lowest BCUT2D eigenvalue weighted by molar-refractivity contribution is -0.116. The minimum atomic E-state index is -3.25. The first-order valence-corrected chi connectivity index (χ1v) is 12.2. The third-order valence-corrected chi connectivity index (χ3v) is 7.07. The van der Waals surface area contributed by atoms with Crippen LogP contribution in [0.25, 0.3) is 11.3 Å².